The maximum atomic E-state index is 11.9. The van der Waals surface area contributed by atoms with E-state index in [0.29, 0.717) is 11.6 Å². The Morgan fingerprint density at radius 1 is 1.26 bits per heavy atom. The molecule has 0 unspecified atom stereocenters. The van der Waals surface area contributed by atoms with Crippen molar-refractivity contribution in [3.8, 4) is 0 Å². The molecule has 0 bridgehead atoms. The van der Waals surface area contributed by atoms with Crippen LogP contribution in [0.2, 0.25) is 0 Å². The lowest BCUT2D eigenvalue weighted by Gasteiger charge is -2.20. The van der Waals surface area contributed by atoms with E-state index in [9.17, 15) is 4.79 Å². The number of aromatic nitrogens is 1. The zero-order valence-electron chi connectivity index (χ0n) is 10.8. The monoisotopic (exact) mass is 255 g/mol. The third-order valence-electron chi connectivity index (χ3n) is 3.69. The number of nitrogens with one attached hydrogen (secondary N) is 1. The van der Waals surface area contributed by atoms with Gasteiger partial charge in [-0.1, -0.05) is 25.3 Å². The molecule has 1 fully saturated rings. The van der Waals surface area contributed by atoms with Gasteiger partial charge < -0.3 is 5.32 Å². The predicted octanol–water partition coefficient (Wildman–Crippen LogP) is 2.53. The Morgan fingerprint density at radius 3 is 2.84 bits per heavy atom. The number of hydrogen-bond donors (Lipinski definition) is 1. The summed E-state index contributed by atoms with van der Waals surface area (Å²) < 4.78 is 0. The summed E-state index contributed by atoms with van der Waals surface area (Å²) in [7, 11) is 0. The van der Waals surface area contributed by atoms with E-state index in [-0.39, 0.29) is 5.91 Å². The van der Waals surface area contributed by atoms with E-state index in [2.05, 4.69) is 15.3 Å². The third-order valence-corrected chi connectivity index (χ3v) is 3.69. The van der Waals surface area contributed by atoms with Crippen molar-refractivity contribution >= 4 is 17.8 Å². The fourth-order valence-electron chi connectivity index (χ4n) is 2.68. The summed E-state index contributed by atoms with van der Waals surface area (Å²) in [4.78, 5) is 20.4. The fraction of sp³-hybridized carbons (Fsp3) is 0.400. The number of amidine groups is 1. The second-order valence-electron chi connectivity index (χ2n) is 5.10. The lowest BCUT2D eigenvalue weighted by Crippen LogP contribution is -2.31. The van der Waals surface area contributed by atoms with E-state index in [1.807, 2.05) is 12.1 Å². The third kappa shape index (κ3) is 2.72. The van der Waals surface area contributed by atoms with E-state index in [1.54, 1.807) is 18.5 Å². The molecule has 0 atom stereocenters. The molecule has 1 aliphatic heterocycles. The van der Waals surface area contributed by atoms with Crippen molar-refractivity contribution in [3.05, 3.63) is 35.8 Å². The molecule has 4 nitrogen and oxygen atoms in total. The van der Waals surface area contributed by atoms with Gasteiger partial charge in [0.05, 0.1) is 0 Å². The summed E-state index contributed by atoms with van der Waals surface area (Å²) in [5.41, 5.74) is 1.40. The average Bonchev–Trinajstić information content (AvgIpc) is 2.82. The van der Waals surface area contributed by atoms with Crippen LogP contribution in [0.4, 0.5) is 0 Å². The molecule has 19 heavy (non-hydrogen) atoms. The smallest absolute Gasteiger partial charge is 0.275 e. The number of pyridine rings is 1. The van der Waals surface area contributed by atoms with Gasteiger partial charge in [-0.05, 0) is 30.5 Å². The summed E-state index contributed by atoms with van der Waals surface area (Å²) in [6.45, 7) is 0. The highest BCUT2D eigenvalue weighted by molar-refractivity contribution is 6.15. The van der Waals surface area contributed by atoms with Crippen LogP contribution in [-0.2, 0) is 4.79 Å². The minimum absolute atomic E-state index is 0.0931. The Bertz CT molecular complexity index is 528. The molecular formula is C15H17N3O. The molecule has 1 aromatic heterocycles. The van der Waals surface area contributed by atoms with Gasteiger partial charge in [-0.3, -0.25) is 9.78 Å². The molecule has 2 heterocycles. The van der Waals surface area contributed by atoms with Crippen molar-refractivity contribution in [3.63, 3.8) is 0 Å². The van der Waals surface area contributed by atoms with Gasteiger partial charge in [0.15, 0.2) is 0 Å². The minimum Gasteiger partial charge on any atom is -0.308 e. The fourth-order valence-corrected chi connectivity index (χ4v) is 2.68. The maximum absolute atomic E-state index is 11.9. The standard InChI is InChI=1S/C15H17N3O/c19-15-13(9-11-5-4-8-16-10-11)17-14(18-15)12-6-2-1-3-7-12/h4-5,8-10,12H,1-3,6-7H2,(H,17,18,19)/b13-9+. The Labute approximate surface area is 112 Å². The second-order valence-corrected chi connectivity index (χ2v) is 5.10. The van der Waals surface area contributed by atoms with E-state index < -0.39 is 0 Å². The lowest BCUT2D eigenvalue weighted by molar-refractivity contribution is -0.115. The van der Waals surface area contributed by atoms with Crippen LogP contribution in [0.1, 0.15) is 37.7 Å². The molecular weight excluding hydrogens is 238 g/mol. The van der Waals surface area contributed by atoms with Crippen molar-refractivity contribution in [1.29, 1.82) is 0 Å². The van der Waals surface area contributed by atoms with Gasteiger partial charge in [0.1, 0.15) is 11.5 Å². The molecule has 3 rings (SSSR count). The van der Waals surface area contributed by atoms with Crippen LogP contribution < -0.4 is 5.32 Å². The Morgan fingerprint density at radius 2 is 2.11 bits per heavy atom. The Hall–Kier alpha value is -1.97. The van der Waals surface area contributed by atoms with Crippen molar-refractivity contribution in [1.82, 2.24) is 10.3 Å². The largest absolute Gasteiger partial charge is 0.308 e. The molecule has 0 spiro atoms. The van der Waals surface area contributed by atoms with Crippen LogP contribution >= 0.6 is 0 Å². The van der Waals surface area contributed by atoms with Crippen molar-refractivity contribution < 1.29 is 4.79 Å². The highest BCUT2D eigenvalue weighted by Crippen LogP contribution is 2.26. The number of carbonyl (C=O) groups is 1. The van der Waals surface area contributed by atoms with E-state index in [4.69, 9.17) is 0 Å². The van der Waals surface area contributed by atoms with E-state index in [1.165, 1.54) is 19.3 Å². The summed E-state index contributed by atoms with van der Waals surface area (Å²) in [6.07, 6.45) is 11.3. The first-order valence-corrected chi connectivity index (χ1v) is 6.84. The number of hydrogen-bond acceptors (Lipinski definition) is 3. The first-order chi connectivity index (χ1) is 9.33. The maximum Gasteiger partial charge on any atom is 0.275 e. The summed E-state index contributed by atoms with van der Waals surface area (Å²) in [6, 6.07) is 3.77. The van der Waals surface area contributed by atoms with Crippen LogP contribution in [0.15, 0.2) is 35.2 Å². The first kappa shape index (κ1) is 12.1. The summed E-state index contributed by atoms with van der Waals surface area (Å²) in [5.74, 6) is 1.20. The molecule has 4 heteroatoms. The SMILES string of the molecule is O=C1NC(C2CCCCC2)=N/C1=C/c1cccnc1. The molecule has 0 saturated heterocycles. The van der Waals surface area contributed by atoms with Crippen molar-refractivity contribution in [2.75, 3.05) is 0 Å². The molecule has 2 aliphatic rings. The minimum atomic E-state index is -0.0931. The number of nitrogens with zero attached hydrogens (tertiary/aromatic N) is 2. The second kappa shape index (κ2) is 5.34. The van der Waals surface area contributed by atoms with Crippen LogP contribution in [0.3, 0.4) is 0 Å². The van der Waals surface area contributed by atoms with E-state index >= 15 is 0 Å². The molecule has 1 amide bonds. The number of aliphatic imine (C=N–C) groups is 1. The average molecular weight is 255 g/mol. The number of rotatable bonds is 2. The van der Waals surface area contributed by atoms with Crippen LogP contribution in [-0.4, -0.2) is 16.7 Å². The van der Waals surface area contributed by atoms with E-state index in [0.717, 1.165) is 24.2 Å². The van der Waals surface area contributed by atoms with Gasteiger partial charge in [-0.2, -0.15) is 0 Å². The molecule has 0 radical (unpaired) electrons. The number of amides is 1. The molecule has 98 valence electrons. The van der Waals surface area contributed by atoms with Gasteiger partial charge in [-0.25, -0.2) is 4.99 Å². The molecule has 1 saturated carbocycles. The zero-order valence-corrected chi connectivity index (χ0v) is 10.8. The van der Waals surface area contributed by atoms with Gasteiger partial charge in [0.2, 0.25) is 0 Å². The van der Waals surface area contributed by atoms with Crippen molar-refractivity contribution in [2.45, 2.75) is 32.1 Å². The zero-order chi connectivity index (χ0) is 13.1. The molecule has 0 aromatic carbocycles. The van der Waals surface area contributed by atoms with Crippen LogP contribution in [0, 0.1) is 5.92 Å². The van der Waals surface area contributed by atoms with Gasteiger partial charge >= 0.3 is 0 Å². The number of carbonyl (C=O) groups excluding carboxylic acids is 1. The van der Waals surface area contributed by atoms with Gasteiger partial charge in [0, 0.05) is 18.3 Å². The topological polar surface area (TPSA) is 54.4 Å². The summed E-state index contributed by atoms with van der Waals surface area (Å²) in [5, 5.41) is 2.92. The molecule has 1 N–H and O–H groups in total. The normalized spacial score (nSPS) is 22.4. The van der Waals surface area contributed by atoms with Gasteiger partial charge in [-0.15, -0.1) is 0 Å². The predicted molar refractivity (Wildman–Crippen MR) is 74.4 cm³/mol. The van der Waals surface area contributed by atoms with Crippen LogP contribution in [0.25, 0.3) is 6.08 Å². The highest BCUT2D eigenvalue weighted by atomic mass is 16.2. The molecule has 1 aromatic rings. The Balaban J connectivity index is 1.81. The van der Waals surface area contributed by atoms with Crippen LogP contribution in [0.5, 0.6) is 0 Å². The molecule has 1 aliphatic carbocycles. The quantitative estimate of drug-likeness (QED) is 0.826. The van der Waals surface area contributed by atoms with Gasteiger partial charge in [0.25, 0.3) is 5.91 Å². The first-order valence-electron chi connectivity index (χ1n) is 6.84. The highest BCUT2D eigenvalue weighted by Gasteiger charge is 2.27. The summed E-state index contributed by atoms with van der Waals surface area (Å²) >= 11 is 0. The lowest BCUT2D eigenvalue weighted by atomic mass is 9.88. The van der Waals surface area contributed by atoms with Crippen molar-refractivity contribution in [2.24, 2.45) is 10.9 Å². The Kier molecular flexibility index (Phi) is 3.40.